The van der Waals surface area contributed by atoms with Gasteiger partial charge in [0.2, 0.25) is 0 Å². The molecule has 2 atom stereocenters. The Balaban J connectivity index is 1.50. The third-order valence-corrected chi connectivity index (χ3v) is 6.22. The molecule has 1 aliphatic carbocycles. The van der Waals surface area contributed by atoms with Crippen LogP contribution in [-0.4, -0.2) is 48.1 Å². The molecule has 2 aromatic heterocycles. The number of H-pyrrole nitrogens is 1. The topological polar surface area (TPSA) is 70.2 Å². The Morgan fingerprint density at radius 1 is 1.27 bits per heavy atom. The third kappa shape index (κ3) is 3.01. The molecule has 0 unspecified atom stereocenters. The number of fused-ring (bicyclic) bond motifs is 2. The zero-order valence-corrected chi connectivity index (χ0v) is 16.9. The van der Waals surface area contributed by atoms with Crippen LogP contribution in [0.1, 0.15) is 12.1 Å². The molecule has 0 saturated carbocycles. The van der Waals surface area contributed by atoms with Gasteiger partial charge in [-0.3, -0.25) is 0 Å². The number of rotatable bonds is 3. The second-order valence-electron chi connectivity index (χ2n) is 7.93. The average Bonchev–Trinajstić information content (AvgIpc) is 3.45. The van der Waals surface area contributed by atoms with E-state index >= 15 is 0 Å². The van der Waals surface area contributed by atoms with Gasteiger partial charge in [0.05, 0.1) is 7.11 Å². The van der Waals surface area contributed by atoms with Gasteiger partial charge in [-0.25, -0.2) is 14.2 Å². The number of carbonyl (C=O) groups is 1. The summed E-state index contributed by atoms with van der Waals surface area (Å²) in [5.41, 5.74) is 4.62. The minimum Gasteiger partial charge on any atom is -0.496 e. The SMILES string of the molecule is CNC(=O)N1C[C@@H]2CC(c3cc4c(-c5cc(F)ccc5OC)ccnc4[nH]3)=C[C@@H]2C1. The number of methoxy groups -OCH3 is 1. The van der Waals surface area contributed by atoms with Gasteiger partial charge in [0, 0.05) is 43.0 Å². The summed E-state index contributed by atoms with van der Waals surface area (Å²) in [6.07, 6.45) is 4.92. The molecule has 154 valence electrons. The summed E-state index contributed by atoms with van der Waals surface area (Å²) in [5.74, 6) is 1.13. The first-order valence-corrected chi connectivity index (χ1v) is 10.1. The molecule has 6 nitrogen and oxygen atoms in total. The second kappa shape index (κ2) is 7.16. The Morgan fingerprint density at radius 3 is 2.90 bits per heavy atom. The number of halogens is 1. The lowest BCUT2D eigenvalue weighted by Gasteiger charge is -2.16. The van der Waals surface area contributed by atoms with Crippen molar-refractivity contribution < 1.29 is 13.9 Å². The fourth-order valence-electron chi connectivity index (χ4n) is 4.76. The molecule has 2 amide bonds. The molecule has 1 saturated heterocycles. The number of pyridine rings is 1. The van der Waals surface area contributed by atoms with Crippen molar-refractivity contribution in [2.24, 2.45) is 11.8 Å². The Kier molecular flexibility index (Phi) is 4.46. The lowest BCUT2D eigenvalue weighted by Crippen LogP contribution is -2.36. The lowest BCUT2D eigenvalue weighted by molar-refractivity contribution is 0.209. The number of hydrogen-bond donors (Lipinski definition) is 2. The van der Waals surface area contributed by atoms with Gasteiger partial charge in [-0.15, -0.1) is 0 Å². The predicted octanol–water partition coefficient (Wildman–Crippen LogP) is 4.05. The molecule has 7 heteroatoms. The molecule has 0 spiro atoms. The summed E-state index contributed by atoms with van der Waals surface area (Å²) in [6, 6.07) is 8.49. The zero-order valence-electron chi connectivity index (χ0n) is 16.9. The van der Waals surface area contributed by atoms with Gasteiger partial charge in [0.1, 0.15) is 17.2 Å². The molecule has 1 fully saturated rings. The maximum absolute atomic E-state index is 13.9. The molecular weight excluding hydrogens is 383 g/mol. The van der Waals surface area contributed by atoms with E-state index in [4.69, 9.17) is 4.74 Å². The van der Waals surface area contributed by atoms with Crippen molar-refractivity contribution in [1.29, 1.82) is 0 Å². The van der Waals surface area contributed by atoms with Crippen molar-refractivity contribution in [1.82, 2.24) is 20.2 Å². The number of carbonyl (C=O) groups excluding carboxylic acids is 1. The highest BCUT2D eigenvalue weighted by Gasteiger charge is 2.38. The summed E-state index contributed by atoms with van der Waals surface area (Å²) in [6.45, 7) is 1.52. The first-order chi connectivity index (χ1) is 14.6. The quantitative estimate of drug-likeness (QED) is 0.689. The summed E-state index contributed by atoms with van der Waals surface area (Å²) >= 11 is 0. The van der Waals surface area contributed by atoms with E-state index in [-0.39, 0.29) is 11.8 Å². The molecule has 0 bridgehead atoms. The fraction of sp³-hybridized carbons (Fsp3) is 0.304. The van der Waals surface area contributed by atoms with Crippen LogP contribution in [-0.2, 0) is 0 Å². The van der Waals surface area contributed by atoms with Gasteiger partial charge < -0.3 is 19.9 Å². The molecule has 2 N–H and O–H groups in total. The van der Waals surface area contributed by atoms with Crippen LogP contribution in [0.5, 0.6) is 5.75 Å². The first-order valence-electron chi connectivity index (χ1n) is 10.1. The number of likely N-dealkylation sites (tertiary alicyclic amines) is 1. The minimum atomic E-state index is -0.307. The van der Waals surface area contributed by atoms with Gasteiger partial charge in [-0.2, -0.15) is 0 Å². The van der Waals surface area contributed by atoms with E-state index in [0.717, 1.165) is 41.8 Å². The van der Waals surface area contributed by atoms with Crippen LogP contribution in [0.4, 0.5) is 9.18 Å². The first kappa shape index (κ1) is 18.7. The fourth-order valence-corrected chi connectivity index (χ4v) is 4.76. The van der Waals surface area contributed by atoms with Crippen LogP contribution >= 0.6 is 0 Å². The number of aromatic amines is 1. The van der Waals surface area contributed by atoms with Crippen LogP contribution in [0.3, 0.4) is 0 Å². The largest absolute Gasteiger partial charge is 0.496 e. The molecule has 3 heterocycles. The Labute approximate surface area is 173 Å². The highest BCUT2D eigenvalue weighted by molar-refractivity contribution is 5.96. The second-order valence-corrected chi connectivity index (χ2v) is 7.93. The molecule has 5 rings (SSSR count). The molecule has 0 radical (unpaired) electrons. The normalized spacial score (nSPS) is 20.4. The maximum atomic E-state index is 13.9. The third-order valence-electron chi connectivity index (χ3n) is 6.22. The highest BCUT2D eigenvalue weighted by atomic mass is 19.1. The molecule has 30 heavy (non-hydrogen) atoms. The Bertz CT molecular complexity index is 1170. The predicted molar refractivity (Wildman–Crippen MR) is 114 cm³/mol. The number of benzene rings is 1. The summed E-state index contributed by atoms with van der Waals surface area (Å²) in [4.78, 5) is 21.7. The summed E-state index contributed by atoms with van der Waals surface area (Å²) in [5, 5.41) is 3.64. The van der Waals surface area contributed by atoms with Crippen LogP contribution < -0.4 is 10.1 Å². The minimum absolute atomic E-state index is 0.0113. The van der Waals surface area contributed by atoms with Gasteiger partial charge in [0.15, 0.2) is 0 Å². The number of aromatic nitrogens is 2. The number of urea groups is 1. The van der Waals surface area contributed by atoms with E-state index in [1.165, 1.54) is 17.7 Å². The monoisotopic (exact) mass is 406 g/mol. The van der Waals surface area contributed by atoms with Crippen LogP contribution in [0.15, 0.2) is 42.6 Å². The van der Waals surface area contributed by atoms with Crippen molar-refractivity contribution >= 4 is 22.6 Å². The van der Waals surface area contributed by atoms with Crippen molar-refractivity contribution in [3.05, 3.63) is 54.1 Å². The highest BCUT2D eigenvalue weighted by Crippen LogP contribution is 2.42. The number of amides is 2. The summed E-state index contributed by atoms with van der Waals surface area (Å²) < 4.78 is 19.4. The van der Waals surface area contributed by atoms with E-state index in [0.29, 0.717) is 23.1 Å². The summed E-state index contributed by atoms with van der Waals surface area (Å²) in [7, 11) is 3.25. The van der Waals surface area contributed by atoms with Crippen molar-refractivity contribution in [3.63, 3.8) is 0 Å². The number of allylic oxidation sites excluding steroid dienone is 1. The van der Waals surface area contributed by atoms with E-state index in [9.17, 15) is 9.18 Å². The standard InChI is InChI=1S/C23H23FN4O2/c1-25-23(29)28-11-14-7-13(8-15(14)12-28)20-10-19-17(5-6-26-22(19)27-20)18-9-16(24)3-4-21(18)30-2/h3-7,9-10,14-15H,8,11-12H2,1-2H3,(H,25,29)(H,26,27)/t14-,15+/m1/s1. The molecule has 1 aliphatic heterocycles. The van der Waals surface area contributed by atoms with Crippen molar-refractivity contribution in [2.45, 2.75) is 6.42 Å². The average molecular weight is 406 g/mol. The zero-order chi connectivity index (χ0) is 20.8. The van der Waals surface area contributed by atoms with Crippen molar-refractivity contribution in [3.8, 4) is 16.9 Å². The number of nitrogens with one attached hydrogen (secondary N) is 2. The van der Waals surface area contributed by atoms with E-state index in [1.807, 2.05) is 11.0 Å². The van der Waals surface area contributed by atoms with E-state index in [1.54, 1.807) is 26.4 Å². The Hall–Kier alpha value is -3.35. The van der Waals surface area contributed by atoms with Gasteiger partial charge >= 0.3 is 6.03 Å². The molecule has 2 aliphatic rings. The van der Waals surface area contributed by atoms with Gasteiger partial charge in [0.25, 0.3) is 0 Å². The molecular formula is C23H23FN4O2. The number of ether oxygens (including phenoxy) is 1. The van der Waals surface area contributed by atoms with Gasteiger partial charge in [-0.05, 0) is 59.7 Å². The number of nitrogens with zero attached hydrogens (tertiary/aromatic N) is 2. The van der Waals surface area contributed by atoms with E-state index in [2.05, 4.69) is 27.4 Å². The van der Waals surface area contributed by atoms with Crippen LogP contribution in [0.25, 0.3) is 27.7 Å². The van der Waals surface area contributed by atoms with Crippen LogP contribution in [0.2, 0.25) is 0 Å². The maximum Gasteiger partial charge on any atom is 0.317 e. The van der Waals surface area contributed by atoms with Gasteiger partial charge in [-0.1, -0.05) is 6.08 Å². The lowest BCUT2D eigenvalue weighted by atomic mass is 9.99. The molecule has 3 aromatic rings. The molecule has 1 aromatic carbocycles. The number of hydrogen-bond acceptors (Lipinski definition) is 3. The van der Waals surface area contributed by atoms with E-state index < -0.39 is 0 Å². The van der Waals surface area contributed by atoms with Crippen LogP contribution in [0, 0.1) is 17.7 Å². The Morgan fingerprint density at radius 2 is 2.13 bits per heavy atom. The van der Waals surface area contributed by atoms with Crippen molar-refractivity contribution in [2.75, 3.05) is 27.2 Å². The smallest absolute Gasteiger partial charge is 0.317 e.